The van der Waals surface area contributed by atoms with Crippen LogP contribution in [0.15, 0.2) is 29.4 Å². The first-order chi connectivity index (χ1) is 12.8. The van der Waals surface area contributed by atoms with Gasteiger partial charge in [-0.3, -0.25) is 14.9 Å². The summed E-state index contributed by atoms with van der Waals surface area (Å²) in [6, 6.07) is 5.98. The molecule has 1 aliphatic heterocycles. The highest BCUT2D eigenvalue weighted by molar-refractivity contribution is 5.77. The molecule has 2 fully saturated rings. The van der Waals surface area contributed by atoms with Crippen molar-refractivity contribution in [2.75, 3.05) is 45.9 Å². The molecule has 0 bridgehead atoms. The van der Waals surface area contributed by atoms with E-state index < -0.39 is 0 Å². The maximum Gasteiger partial charge on any atom is 0.188 e. The molecule has 2 heterocycles. The summed E-state index contributed by atoms with van der Waals surface area (Å²) in [7, 11) is 0. The summed E-state index contributed by atoms with van der Waals surface area (Å²) >= 11 is 0. The first-order valence-electron chi connectivity index (χ1n) is 10.00. The summed E-state index contributed by atoms with van der Waals surface area (Å²) < 4.78 is 5.50. The molecule has 0 aromatic carbocycles. The van der Waals surface area contributed by atoms with E-state index in [1.54, 1.807) is 0 Å². The maximum atomic E-state index is 6.13. The topological polar surface area (TPSA) is 75.8 Å². The number of rotatable bonds is 7. The lowest BCUT2D eigenvalue weighted by Gasteiger charge is -2.41. The molecule has 26 heavy (non-hydrogen) atoms. The summed E-state index contributed by atoms with van der Waals surface area (Å²) in [5.74, 6) is 0.563. The minimum Gasteiger partial charge on any atom is -0.379 e. The number of nitrogens with one attached hydrogen (secondary N) is 1. The van der Waals surface area contributed by atoms with Crippen LogP contribution < -0.4 is 11.1 Å². The van der Waals surface area contributed by atoms with Gasteiger partial charge in [-0.1, -0.05) is 25.3 Å². The fourth-order valence-corrected chi connectivity index (χ4v) is 4.08. The van der Waals surface area contributed by atoms with Crippen LogP contribution in [0.3, 0.4) is 0 Å². The molecule has 1 aromatic rings. The van der Waals surface area contributed by atoms with E-state index in [9.17, 15) is 0 Å². The summed E-state index contributed by atoms with van der Waals surface area (Å²) in [6.07, 6.45) is 9.18. The third kappa shape index (κ3) is 5.95. The van der Waals surface area contributed by atoms with Crippen LogP contribution in [0.25, 0.3) is 0 Å². The van der Waals surface area contributed by atoms with Gasteiger partial charge in [-0.15, -0.1) is 0 Å². The molecule has 3 N–H and O–H groups in total. The Labute approximate surface area is 157 Å². The highest BCUT2D eigenvalue weighted by Crippen LogP contribution is 2.37. The van der Waals surface area contributed by atoms with E-state index in [1.807, 2.05) is 24.4 Å². The van der Waals surface area contributed by atoms with Crippen LogP contribution in [0.5, 0.6) is 0 Å². The monoisotopic (exact) mass is 359 g/mol. The van der Waals surface area contributed by atoms with E-state index in [2.05, 4.69) is 15.2 Å². The van der Waals surface area contributed by atoms with Gasteiger partial charge in [0, 0.05) is 56.5 Å². The molecule has 0 amide bonds. The Morgan fingerprint density at radius 3 is 2.77 bits per heavy atom. The van der Waals surface area contributed by atoms with E-state index in [1.165, 1.54) is 32.1 Å². The number of guanidine groups is 1. The van der Waals surface area contributed by atoms with Gasteiger partial charge < -0.3 is 15.8 Å². The van der Waals surface area contributed by atoms with E-state index in [4.69, 9.17) is 15.5 Å². The lowest BCUT2D eigenvalue weighted by Crippen LogP contribution is -2.46. The number of hydrogen-bond donors (Lipinski definition) is 2. The molecule has 1 aromatic heterocycles. The number of aromatic nitrogens is 1. The molecule has 0 spiro atoms. The molecule has 6 nitrogen and oxygen atoms in total. The quantitative estimate of drug-likeness (QED) is 0.574. The number of hydrogen-bond acceptors (Lipinski definition) is 4. The number of aliphatic imine (C=N–C) groups is 1. The van der Waals surface area contributed by atoms with E-state index in [0.29, 0.717) is 5.96 Å². The molecule has 2 aliphatic rings. The number of morpholine rings is 1. The van der Waals surface area contributed by atoms with Gasteiger partial charge in [-0.25, -0.2) is 0 Å². The standard InChI is InChI=1S/C20H33N5O/c21-19(23-11-7-18-6-2-5-10-22-18)24-16-20(8-3-1-4-9-20)17-25-12-14-26-15-13-25/h2,5-6,10H,1,3-4,7-9,11-17H2,(H3,21,23,24). The van der Waals surface area contributed by atoms with Crippen molar-refractivity contribution in [1.29, 1.82) is 0 Å². The molecule has 1 saturated carbocycles. The van der Waals surface area contributed by atoms with Gasteiger partial charge in [-0.2, -0.15) is 0 Å². The molecular formula is C20H33N5O. The second-order valence-electron chi connectivity index (χ2n) is 7.65. The van der Waals surface area contributed by atoms with Gasteiger partial charge in [0.25, 0.3) is 0 Å². The third-order valence-corrected chi connectivity index (χ3v) is 5.58. The van der Waals surface area contributed by atoms with Crippen LogP contribution in [0.2, 0.25) is 0 Å². The van der Waals surface area contributed by atoms with E-state index in [-0.39, 0.29) is 5.41 Å². The molecule has 6 heteroatoms. The Balaban J connectivity index is 1.49. The average molecular weight is 360 g/mol. The van der Waals surface area contributed by atoms with Crippen molar-refractivity contribution < 1.29 is 4.74 Å². The summed E-state index contributed by atoms with van der Waals surface area (Å²) in [6.45, 7) is 6.52. The van der Waals surface area contributed by atoms with E-state index >= 15 is 0 Å². The lowest BCUT2D eigenvalue weighted by molar-refractivity contribution is 0.00939. The number of ether oxygens (including phenoxy) is 1. The van der Waals surface area contributed by atoms with Crippen LogP contribution >= 0.6 is 0 Å². The van der Waals surface area contributed by atoms with Crippen molar-refractivity contribution in [2.24, 2.45) is 16.1 Å². The second-order valence-corrected chi connectivity index (χ2v) is 7.65. The molecule has 144 valence electrons. The van der Waals surface area contributed by atoms with Crippen LogP contribution in [0.4, 0.5) is 0 Å². The van der Waals surface area contributed by atoms with Crippen molar-refractivity contribution in [3.8, 4) is 0 Å². The zero-order chi connectivity index (χ0) is 18.1. The number of nitrogens with two attached hydrogens (primary N) is 1. The second kappa shape index (κ2) is 9.88. The number of pyridine rings is 1. The minimum atomic E-state index is 0.281. The van der Waals surface area contributed by atoms with Gasteiger partial charge in [0.1, 0.15) is 0 Å². The van der Waals surface area contributed by atoms with Crippen molar-refractivity contribution in [2.45, 2.75) is 38.5 Å². The molecule has 1 aliphatic carbocycles. The molecule has 0 radical (unpaired) electrons. The Hall–Kier alpha value is -1.66. The lowest BCUT2D eigenvalue weighted by atomic mass is 9.73. The average Bonchev–Trinajstić information content (AvgIpc) is 2.69. The smallest absolute Gasteiger partial charge is 0.188 e. The normalized spacial score (nSPS) is 21.5. The zero-order valence-corrected chi connectivity index (χ0v) is 15.8. The molecule has 1 saturated heterocycles. The fraction of sp³-hybridized carbons (Fsp3) is 0.700. The number of nitrogens with zero attached hydrogens (tertiary/aromatic N) is 3. The van der Waals surface area contributed by atoms with Crippen molar-refractivity contribution in [3.63, 3.8) is 0 Å². The minimum absolute atomic E-state index is 0.281. The van der Waals surface area contributed by atoms with Gasteiger partial charge in [0.2, 0.25) is 0 Å². The van der Waals surface area contributed by atoms with Crippen LogP contribution in [-0.4, -0.2) is 61.8 Å². The SMILES string of the molecule is NC(=NCC1(CN2CCOCC2)CCCCC1)NCCc1ccccn1. The third-order valence-electron chi connectivity index (χ3n) is 5.58. The molecular weight excluding hydrogens is 326 g/mol. The molecule has 0 atom stereocenters. The first kappa shape index (κ1) is 19.1. The van der Waals surface area contributed by atoms with Crippen LogP contribution in [0.1, 0.15) is 37.8 Å². The first-order valence-corrected chi connectivity index (χ1v) is 10.00. The van der Waals surface area contributed by atoms with Gasteiger partial charge in [0.05, 0.1) is 13.2 Å². The summed E-state index contributed by atoms with van der Waals surface area (Å²) in [5, 5.41) is 3.25. The van der Waals surface area contributed by atoms with Crippen LogP contribution in [-0.2, 0) is 11.2 Å². The molecule has 0 unspecified atom stereocenters. The largest absolute Gasteiger partial charge is 0.379 e. The van der Waals surface area contributed by atoms with Crippen molar-refractivity contribution in [1.82, 2.24) is 15.2 Å². The summed E-state index contributed by atoms with van der Waals surface area (Å²) in [4.78, 5) is 11.6. The Kier molecular flexibility index (Phi) is 7.26. The zero-order valence-electron chi connectivity index (χ0n) is 15.8. The van der Waals surface area contributed by atoms with Crippen molar-refractivity contribution >= 4 is 5.96 Å². The predicted octanol–water partition coefficient (Wildman–Crippen LogP) is 1.81. The highest BCUT2D eigenvalue weighted by Gasteiger charge is 2.34. The van der Waals surface area contributed by atoms with Gasteiger partial charge in [-0.05, 0) is 25.0 Å². The Morgan fingerprint density at radius 2 is 2.04 bits per heavy atom. The van der Waals surface area contributed by atoms with Gasteiger partial charge >= 0.3 is 0 Å². The maximum absolute atomic E-state index is 6.13. The van der Waals surface area contributed by atoms with E-state index in [0.717, 1.165) is 58.1 Å². The highest BCUT2D eigenvalue weighted by atomic mass is 16.5. The predicted molar refractivity (Wildman–Crippen MR) is 105 cm³/mol. The van der Waals surface area contributed by atoms with Gasteiger partial charge in [0.15, 0.2) is 5.96 Å². The van der Waals surface area contributed by atoms with Crippen LogP contribution in [0, 0.1) is 5.41 Å². The summed E-state index contributed by atoms with van der Waals surface area (Å²) in [5.41, 5.74) is 7.49. The Morgan fingerprint density at radius 1 is 1.23 bits per heavy atom. The fourth-order valence-electron chi connectivity index (χ4n) is 4.08. The molecule has 3 rings (SSSR count). The van der Waals surface area contributed by atoms with Crippen molar-refractivity contribution in [3.05, 3.63) is 30.1 Å². The Bertz CT molecular complexity index is 551.